The van der Waals surface area contributed by atoms with Crippen LogP contribution < -0.4 is 0 Å². The number of benzene rings is 1. The largest absolute Gasteiger partial charge is 0.458 e. The average molecular weight is 338 g/mol. The first-order valence-corrected chi connectivity index (χ1v) is 8.34. The van der Waals surface area contributed by atoms with Crippen molar-refractivity contribution in [2.24, 2.45) is 0 Å². The van der Waals surface area contributed by atoms with Crippen LogP contribution in [0.4, 0.5) is 0 Å². The van der Waals surface area contributed by atoms with Gasteiger partial charge in [0.2, 0.25) is 0 Å². The van der Waals surface area contributed by atoms with E-state index in [1.165, 1.54) is 0 Å². The topological polar surface area (TPSA) is 59.5 Å². The molecule has 2 aromatic rings. The first-order valence-electron chi connectivity index (χ1n) is 8.34. The zero-order valence-corrected chi connectivity index (χ0v) is 14.7. The fourth-order valence-corrected chi connectivity index (χ4v) is 2.96. The molecule has 1 aliphatic heterocycles. The van der Waals surface area contributed by atoms with E-state index in [2.05, 4.69) is 4.98 Å². The molecule has 1 aromatic heterocycles. The van der Waals surface area contributed by atoms with E-state index in [1.807, 2.05) is 35.2 Å². The van der Waals surface area contributed by atoms with Gasteiger partial charge in [0.05, 0.1) is 5.69 Å². The molecule has 0 fully saturated rings. The van der Waals surface area contributed by atoms with Gasteiger partial charge >= 0.3 is 5.97 Å². The summed E-state index contributed by atoms with van der Waals surface area (Å²) in [5.74, 6) is -0.762. The number of ether oxygens (including phenoxy) is 1. The summed E-state index contributed by atoms with van der Waals surface area (Å²) in [6.45, 7) is 6.31. The summed E-state index contributed by atoms with van der Waals surface area (Å²) >= 11 is 0. The lowest BCUT2D eigenvalue weighted by Crippen LogP contribution is -2.51. The van der Waals surface area contributed by atoms with E-state index < -0.39 is 17.6 Å². The van der Waals surface area contributed by atoms with E-state index in [9.17, 15) is 9.59 Å². The monoisotopic (exact) mass is 338 g/mol. The molecule has 0 spiro atoms. The van der Waals surface area contributed by atoms with E-state index in [4.69, 9.17) is 4.74 Å². The Hall–Kier alpha value is -2.53. The van der Waals surface area contributed by atoms with E-state index in [0.29, 0.717) is 24.3 Å². The predicted molar refractivity (Wildman–Crippen MR) is 93.9 cm³/mol. The second-order valence-electron chi connectivity index (χ2n) is 7.19. The molecule has 3 rings (SSSR count). The van der Waals surface area contributed by atoms with Crippen molar-refractivity contribution in [1.29, 1.82) is 0 Å². The van der Waals surface area contributed by atoms with Gasteiger partial charge < -0.3 is 4.74 Å². The van der Waals surface area contributed by atoms with Crippen molar-refractivity contribution in [1.82, 2.24) is 9.88 Å². The highest BCUT2D eigenvalue weighted by Gasteiger charge is 2.41. The van der Waals surface area contributed by atoms with Crippen LogP contribution in [0.1, 0.15) is 42.4 Å². The fraction of sp³-hybridized carbons (Fsp3) is 0.350. The number of rotatable bonds is 3. The second-order valence-corrected chi connectivity index (χ2v) is 7.19. The lowest BCUT2D eigenvalue weighted by molar-refractivity contribution is -0.160. The highest BCUT2D eigenvalue weighted by atomic mass is 16.6. The molecule has 1 aliphatic rings. The molecule has 0 amide bonds. The van der Waals surface area contributed by atoms with Gasteiger partial charge in [-0.25, -0.2) is 4.79 Å². The van der Waals surface area contributed by atoms with Crippen molar-refractivity contribution in [3.05, 3.63) is 65.5 Å². The van der Waals surface area contributed by atoms with Crippen LogP contribution in [-0.4, -0.2) is 33.3 Å². The fourth-order valence-electron chi connectivity index (χ4n) is 2.96. The maximum absolute atomic E-state index is 13.0. The normalized spacial score (nSPS) is 17.9. The second kappa shape index (κ2) is 6.76. The molecule has 0 radical (unpaired) electrons. The molecule has 1 unspecified atom stereocenters. The number of ketones is 1. The van der Waals surface area contributed by atoms with Gasteiger partial charge in [-0.1, -0.05) is 30.3 Å². The third kappa shape index (κ3) is 3.94. The number of esters is 1. The van der Waals surface area contributed by atoms with Crippen LogP contribution in [0.5, 0.6) is 0 Å². The van der Waals surface area contributed by atoms with Crippen LogP contribution in [0.15, 0.2) is 48.7 Å². The Morgan fingerprint density at radius 3 is 2.60 bits per heavy atom. The van der Waals surface area contributed by atoms with Crippen molar-refractivity contribution in [3.8, 4) is 0 Å². The Labute approximate surface area is 147 Å². The third-order valence-corrected chi connectivity index (χ3v) is 3.98. The number of hydrogen-bond acceptors (Lipinski definition) is 5. The predicted octanol–water partition coefficient (Wildman–Crippen LogP) is 2.99. The number of Topliss-reactive ketones (excluding diaryl/α,β-unsaturated/α-hetero) is 1. The molecule has 0 saturated carbocycles. The Morgan fingerprint density at radius 2 is 1.92 bits per heavy atom. The van der Waals surface area contributed by atoms with Crippen LogP contribution in [0, 0.1) is 0 Å². The maximum Gasteiger partial charge on any atom is 0.332 e. The summed E-state index contributed by atoms with van der Waals surface area (Å²) in [4.78, 5) is 31.8. The molecule has 0 N–H and O–H groups in total. The molecule has 0 aliphatic carbocycles. The van der Waals surface area contributed by atoms with Gasteiger partial charge in [-0.3, -0.25) is 14.7 Å². The van der Waals surface area contributed by atoms with Gasteiger partial charge in [0, 0.05) is 24.8 Å². The standard InChI is InChI=1S/C20H22N2O3/c1-20(2,3)25-19(24)17-18(23)15-10-7-11-21-16(15)13-22(17)12-14-8-5-4-6-9-14/h4-11,17H,12-13H2,1-3H3. The lowest BCUT2D eigenvalue weighted by Gasteiger charge is -2.35. The highest BCUT2D eigenvalue weighted by Crippen LogP contribution is 2.25. The van der Waals surface area contributed by atoms with Gasteiger partial charge in [-0.05, 0) is 38.5 Å². The minimum absolute atomic E-state index is 0.250. The Bertz CT molecular complexity index is 781. The summed E-state index contributed by atoms with van der Waals surface area (Å²) in [6.07, 6.45) is 1.67. The Morgan fingerprint density at radius 1 is 1.20 bits per heavy atom. The summed E-state index contributed by atoms with van der Waals surface area (Å²) < 4.78 is 5.51. The summed E-state index contributed by atoms with van der Waals surface area (Å²) in [6, 6.07) is 12.3. The first kappa shape index (κ1) is 17.3. The van der Waals surface area contributed by atoms with Gasteiger partial charge in [0.25, 0.3) is 0 Å². The molecule has 0 saturated heterocycles. The SMILES string of the molecule is CC(C)(C)OC(=O)C1C(=O)c2cccnc2CN1Cc1ccccc1. The van der Waals surface area contributed by atoms with Crippen LogP contribution in [-0.2, 0) is 22.6 Å². The van der Waals surface area contributed by atoms with E-state index in [1.54, 1.807) is 39.1 Å². The molecule has 1 aromatic carbocycles. The van der Waals surface area contributed by atoms with E-state index >= 15 is 0 Å². The van der Waals surface area contributed by atoms with Gasteiger partial charge in [0.15, 0.2) is 11.8 Å². The molecule has 5 nitrogen and oxygen atoms in total. The highest BCUT2D eigenvalue weighted by molar-refractivity contribution is 6.13. The molecule has 1 atom stereocenters. The molecular weight excluding hydrogens is 316 g/mol. The molecule has 5 heteroatoms. The molecule has 0 bridgehead atoms. The number of aromatic nitrogens is 1. The maximum atomic E-state index is 13.0. The van der Waals surface area contributed by atoms with Gasteiger partial charge in [-0.2, -0.15) is 0 Å². The smallest absolute Gasteiger partial charge is 0.332 e. The Kier molecular flexibility index (Phi) is 4.68. The number of carbonyl (C=O) groups excluding carboxylic acids is 2. The minimum atomic E-state index is -0.948. The van der Waals surface area contributed by atoms with E-state index in [0.717, 1.165) is 5.56 Å². The Balaban J connectivity index is 1.94. The van der Waals surface area contributed by atoms with Gasteiger partial charge in [-0.15, -0.1) is 0 Å². The van der Waals surface area contributed by atoms with Crippen molar-refractivity contribution < 1.29 is 14.3 Å². The van der Waals surface area contributed by atoms with Crippen molar-refractivity contribution in [2.75, 3.05) is 0 Å². The van der Waals surface area contributed by atoms with Crippen molar-refractivity contribution >= 4 is 11.8 Å². The van der Waals surface area contributed by atoms with Gasteiger partial charge in [0.1, 0.15) is 5.60 Å². The third-order valence-electron chi connectivity index (χ3n) is 3.98. The van der Waals surface area contributed by atoms with Crippen LogP contribution in [0.2, 0.25) is 0 Å². The molecule has 130 valence electrons. The first-order chi connectivity index (χ1) is 11.8. The average Bonchev–Trinajstić information content (AvgIpc) is 2.54. The molecule has 25 heavy (non-hydrogen) atoms. The van der Waals surface area contributed by atoms with Crippen molar-refractivity contribution in [2.45, 2.75) is 45.5 Å². The van der Waals surface area contributed by atoms with Crippen molar-refractivity contribution in [3.63, 3.8) is 0 Å². The molecule has 2 heterocycles. The van der Waals surface area contributed by atoms with E-state index in [-0.39, 0.29) is 5.78 Å². The number of nitrogens with zero attached hydrogens (tertiary/aromatic N) is 2. The summed E-state index contributed by atoms with van der Waals surface area (Å²) in [5.41, 5.74) is 1.58. The van der Waals surface area contributed by atoms with Crippen LogP contribution in [0.3, 0.4) is 0 Å². The number of pyridine rings is 1. The zero-order valence-electron chi connectivity index (χ0n) is 14.7. The number of hydrogen-bond donors (Lipinski definition) is 0. The number of carbonyl (C=O) groups is 2. The zero-order chi connectivity index (χ0) is 18.0. The minimum Gasteiger partial charge on any atom is -0.458 e. The van der Waals surface area contributed by atoms with Crippen LogP contribution >= 0.6 is 0 Å². The van der Waals surface area contributed by atoms with Crippen LogP contribution in [0.25, 0.3) is 0 Å². The quantitative estimate of drug-likeness (QED) is 0.636. The lowest BCUT2D eigenvalue weighted by atomic mass is 9.95. The summed E-state index contributed by atoms with van der Waals surface area (Å²) in [5, 5.41) is 0. The number of fused-ring (bicyclic) bond motifs is 1. The summed E-state index contributed by atoms with van der Waals surface area (Å²) in [7, 11) is 0. The molecular formula is C20H22N2O3.